The Balaban J connectivity index is 0.000000137. The van der Waals surface area contributed by atoms with Crippen molar-refractivity contribution in [2.45, 2.75) is 52.4 Å². The maximum absolute atomic E-state index is 14.6. The third-order valence-electron chi connectivity index (χ3n) is 17.1. The van der Waals surface area contributed by atoms with E-state index in [1.165, 1.54) is 53.0 Å². The molecule has 482 valence electrons. The number of nitrogens with one attached hydrogen (secondary N) is 2. The van der Waals surface area contributed by atoms with Crippen LogP contribution in [0.4, 0.5) is 20.2 Å². The number of pyridine rings is 2. The molecule has 94 heavy (non-hydrogen) atoms. The van der Waals surface area contributed by atoms with Crippen LogP contribution in [0.1, 0.15) is 48.4 Å². The van der Waals surface area contributed by atoms with Crippen LogP contribution in [0.15, 0.2) is 143 Å². The molecule has 30 heteroatoms. The van der Waals surface area contributed by atoms with Crippen LogP contribution in [-0.2, 0) is 42.8 Å². The Morgan fingerprint density at radius 3 is 1.56 bits per heavy atom. The smallest absolute Gasteiger partial charge is 0.470 e. The molecule has 0 saturated carbocycles. The Hall–Kier alpha value is -10.1. The highest BCUT2D eigenvalue weighted by Crippen LogP contribution is 2.45. The lowest BCUT2D eigenvalue weighted by molar-refractivity contribution is 0.00578. The summed E-state index contributed by atoms with van der Waals surface area (Å²) in [4.78, 5) is 43.2. The maximum atomic E-state index is 14.6. The fourth-order valence-electron chi connectivity index (χ4n) is 11.4. The van der Waals surface area contributed by atoms with Gasteiger partial charge in [-0.3, -0.25) is 27.3 Å². The Labute approximate surface area is 541 Å². The standard InChI is InChI=1S/C29H23FN6O5S.C21H27BN4O6S.C14H8ClFN2O/c1-31-28(37)26-18-11-17(22(34(2)42(3,38)39)13-25(18)41-29(26)35-10-9-32-14-35)20-7-8-24-27(33-20)23-12-16-19(30)5-4-6-21(16)36(23)15-40-24;1-20(2)21(3,4)32-22(31-20)14-10-13-16(11-15(14)25(6)33(7,28)29)30-19(17(13)18(27)23-5)26-9-8-24-12-26;15-13-5-4-12-14(17-13)11-6-8-9(16)2-1-3-10(8)18(11)7-19-12/h4-14H,15H2,1-3H3,(H,31,37);8-12H,1-7H3,(H,23,27);1-6H,7H2. The summed E-state index contributed by atoms with van der Waals surface area (Å²) in [6.45, 7) is 8.18. The third-order valence-corrected chi connectivity index (χ3v) is 19.7. The predicted molar refractivity (Wildman–Crippen MR) is 351 cm³/mol. The number of hydrogen-bond donors (Lipinski definition) is 2. The zero-order valence-electron chi connectivity index (χ0n) is 52.0. The summed E-state index contributed by atoms with van der Waals surface area (Å²) in [5.41, 5.74) is 5.88. The molecule has 4 aromatic carbocycles. The molecule has 0 spiro atoms. The number of imidazole rings is 2. The number of fused-ring (bicyclic) bond motifs is 12. The summed E-state index contributed by atoms with van der Waals surface area (Å²) in [5, 5.41) is 7.62. The third kappa shape index (κ3) is 10.8. The first-order chi connectivity index (χ1) is 44.7. The van der Waals surface area contributed by atoms with Gasteiger partial charge in [0.25, 0.3) is 11.8 Å². The van der Waals surface area contributed by atoms with Gasteiger partial charge < -0.3 is 47.4 Å². The summed E-state index contributed by atoms with van der Waals surface area (Å²) in [6, 6.07) is 26.8. The first-order valence-corrected chi connectivity index (χ1v) is 33.1. The van der Waals surface area contributed by atoms with E-state index in [2.05, 4.69) is 25.6 Å². The van der Waals surface area contributed by atoms with E-state index >= 15 is 0 Å². The highest BCUT2D eigenvalue weighted by Gasteiger charge is 2.53. The minimum absolute atomic E-state index is 0.186. The lowest BCUT2D eigenvalue weighted by Gasteiger charge is -2.32. The van der Waals surface area contributed by atoms with Crippen LogP contribution in [0.5, 0.6) is 11.5 Å². The first kappa shape index (κ1) is 62.7. The molecule has 1 saturated heterocycles. The molecule has 8 aromatic heterocycles. The quantitative estimate of drug-likeness (QED) is 0.0952. The molecule has 0 radical (unpaired) electrons. The Morgan fingerprint density at radius 2 is 1.09 bits per heavy atom. The van der Waals surface area contributed by atoms with Crippen molar-refractivity contribution in [1.82, 2.24) is 48.8 Å². The van der Waals surface area contributed by atoms with Gasteiger partial charge >= 0.3 is 7.12 Å². The number of amides is 2. The highest BCUT2D eigenvalue weighted by atomic mass is 35.5. The van der Waals surface area contributed by atoms with E-state index in [1.54, 1.807) is 107 Å². The molecule has 2 amide bonds. The monoisotopic (exact) mass is 1330 g/mol. The normalized spacial score (nSPS) is 14.4. The van der Waals surface area contributed by atoms with Gasteiger partial charge in [-0.1, -0.05) is 23.7 Å². The molecule has 0 bridgehead atoms. The predicted octanol–water partition coefficient (Wildman–Crippen LogP) is 10.1. The van der Waals surface area contributed by atoms with Gasteiger partial charge in [0.15, 0.2) is 13.5 Å². The largest absolute Gasteiger partial charge is 0.497 e. The van der Waals surface area contributed by atoms with Gasteiger partial charge in [-0.25, -0.2) is 45.6 Å². The molecule has 24 nitrogen and oxygen atoms in total. The van der Waals surface area contributed by atoms with Crippen LogP contribution < -0.4 is 34.2 Å². The number of ether oxygens (including phenoxy) is 2. The summed E-state index contributed by atoms with van der Waals surface area (Å²) in [7, 11) is -2.26. The van der Waals surface area contributed by atoms with Gasteiger partial charge in [-0.2, -0.15) is 0 Å². The molecule has 11 heterocycles. The molecular formula is C64H58BClF2N12O12S2. The Kier molecular flexibility index (Phi) is 15.5. The van der Waals surface area contributed by atoms with Crippen LogP contribution in [0, 0.1) is 11.6 Å². The maximum Gasteiger partial charge on any atom is 0.497 e. The molecule has 3 aliphatic rings. The molecule has 0 atom stereocenters. The van der Waals surface area contributed by atoms with Crippen molar-refractivity contribution < 1.29 is 62.8 Å². The SMILES string of the molecule is CNC(=O)c1c(-n2ccnc2)oc2cc(N(C)S(C)(=O)=O)c(-c3ccc4c(n3)-c3cc5c(F)cccc5n3CO4)cc12.CNC(=O)c1c(-n2ccnc2)oc2cc(N(C)S(C)(=O)=O)c(B3OC(C)(C)C(C)(C)O3)cc12.Fc1cccc2c1cc1n2COc2ccc(Cl)nc2-1. The summed E-state index contributed by atoms with van der Waals surface area (Å²) in [6.07, 6.45) is 11.6. The highest BCUT2D eigenvalue weighted by molar-refractivity contribution is 7.92. The topological polar surface area (TPSA) is 267 Å². The van der Waals surface area contributed by atoms with Gasteiger partial charge in [0, 0.05) is 97.7 Å². The molecule has 2 N–H and O–H groups in total. The van der Waals surface area contributed by atoms with E-state index in [0.717, 1.165) is 32.3 Å². The van der Waals surface area contributed by atoms with Crippen molar-refractivity contribution in [2.75, 3.05) is 49.3 Å². The number of halogens is 3. The van der Waals surface area contributed by atoms with Crippen molar-refractivity contribution in [3.05, 3.63) is 162 Å². The summed E-state index contributed by atoms with van der Waals surface area (Å²) in [5.74, 6) is 0.303. The Bertz CT molecular complexity index is 5290. The van der Waals surface area contributed by atoms with Gasteiger partial charge in [0.1, 0.15) is 74.6 Å². The van der Waals surface area contributed by atoms with Crippen LogP contribution in [0.25, 0.3) is 89.5 Å². The van der Waals surface area contributed by atoms with Gasteiger partial charge in [0.05, 0.1) is 63.2 Å². The van der Waals surface area contributed by atoms with Crippen molar-refractivity contribution in [3.8, 4) is 57.3 Å². The lowest BCUT2D eigenvalue weighted by atomic mass is 9.77. The molecule has 15 rings (SSSR count). The van der Waals surface area contributed by atoms with Crippen molar-refractivity contribution in [1.29, 1.82) is 0 Å². The van der Waals surface area contributed by atoms with Crippen LogP contribution in [0.2, 0.25) is 5.15 Å². The molecule has 12 aromatic rings. The zero-order chi connectivity index (χ0) is 66.7. The molecule has 3 aliphatic heterocycles. The van der Waals surface area contributed by atoms with Gasteiger partial charge in [-0.05, 0) is 100 Å². The second-order valence-corrected chi connectivity index (χ2v) is 27.7. The summed E-state index contributed by atoms with van der Waals surface area (Å²) >= 11 is 5.92. The van der Waals surface area contributed by atoms with Crippen molar-refractivity contribution in [2.24, 2.45) is 0 Å². The van der Waals surface area contributed by atoms with E-state index in [1.807, 2.05) is 49.0 Å². The van der Waals surface area contributed by atoms with Crippen molar-refractivity contribution in [3.63, 3.8) is 0 Å². The van der Waals surface area contributed by atoms with E-state index in [0.29, 0.717) is 101 Å². The van der Waals surface area contributed by atoms with Gasteiger partial charge in [0.2, 0.25) is 31.8 Å². The fourth-order valence-corrected chi connectivity index (χ4v) is 12.5. The molecular weight excluding hydrogens is 1280 g/mol. The van der Waals surface area contributed by atoms with Crippen LogP contribution >= 0.6 is 11.6 Å². The number of carbonyl (C=O) groups is 2. The minimum Gasteiger partial charge on any atom is -0.470 e. The number of sulfonamides is 2. The van der Waals surface area contributed by atoms with Gasteiger partial charge in [-0.15, -0.1) is 0 Å². The van der Waals surface area contributed by atoms with E-state index in [-0.39, 0.29) is 52.9 Å². The zero-order valence-corrected chi connectivity index (χ0v) is 54.4. The van der Waals surface area contributed by atoms with Crippen LogP contribution in [-0.4, -0.2) is 126 Å². The second-order valence-electron chi connectivity index (χ2n) is 23.3. The first-order valence-electron chi connectivity index (χ1n) is 29.0. The number of benzene rings is 4. The molecule has 0 unspecified atom stereocenters. The Morgan fingerprint density at radius 1 is 0.617 bits per heavy atom. The van der Waals surface area contributed by atoms with Crippen LogP contribution in [0.3, 0.4) is 0 Å². The number of rotatable bonds is 10. The van der Waals surface area contributed by atoms with E-state index < -0.39 is 44.3 Å². The average molecular weight is 1340 g/mol. The molecule has 0 aliphatic carbocycles. The van der Waals surface area contributed by atoms with E-state index in [4.69, 9.17) is 44.2 Å². The van der Waals surface area contributed by atoms with E-state index in [9.17, 15) is 35.2 Å². The summed E-state index contributed by atoms with van der Waals surface area (Å²) < 4.78 is 124. The lowest BCUT2D eigenvalue weighted by Crippen LogP contribution is -2.41. The number of aromatic nitrogens is 8. The average Bonchev–Trinajstić information content (AvgIpc) is 1.58. The van der Waals surface area contributed by atoms with Crippen molar-refractivity contribution >= 4 is 111 Å². The minimum atomic E-state index is -3.71. The number of nitrogens with zero attached hydrogens (tertiary/aromatic N) is 10. The fraction of sp³-hybridized carbons (Fsp3) is 0.219. The number of carbonyl (C=O) groups excluding carboxylic acids is 2. The number of anilines is 2. The second kappa shape index (κ2) is 23.2. The number of hydrogen-bond acceptors (Lipinski definition) is 16. The molecule has 1 fully saturated rings. The number of furan rings is 2.